The Morgan fingerprint density at radius 2 is 2.19 bits per heavy atom. The Morgan fingerprint density at radius 1 is 1.38 bits per heavy atom. The van der Waals surface area contributed by atoms with Crippen molar-refractivity contribution in [2.45, 2.75) is 32.9 Å². The largest absolute Gasteiger partial charge is 0.314 e. The number of hydrogen-bond acceptors (Lipinski definition) is 2. The lowest BCUT2D eigenvalue weighted by Crippen LogP contribution is -2.50. The second-order valence-corrected chi connectivity index (χ2v) is 4.66. The van der Waals surface area contributed by atoms with E-state index in [2.05, 4.69) is 48.3 Å². The van der Waals surface area contributed by atoms with E-state index >= 15 is 0 Å². The molecule has 1 aromatic carbocycles. The van der Waals surface area contributed by atoms with E-state index < -0.39 is 0 Å². The lowest BCUT2D eigenvalue weighted by Gasteiger charge is -2.36. The van der Waals surface area contributed by atoms with Gasteiger partial charge in [-0.1, -0.05) is 31.2 Å². The fourth-order valence-corrected chi connectivity index (χ4v) is 2.42. The van der Waals surface area contributed by atoms with Gasteiger partial charge >= 0.3 is 0 Å². The van der Waals surface area contributed by atoms with Crippen LogP contribution in [0.2, 0.25) is 0 Å². The maximum absolute atomic E-state index is 3.47. The summed E-state index contributed by atoms with van der Waals surface area (Å²) in [5.74, 6) is 0. The van der Waals surface area contributed by atoms with Crippen LogP contribution >= 0.6 is 0 Å². The first-order valence-corrected chi connectivity index (χ1v) is 6.30. The molecule has 0 spiro atoms. The van der Waals surface area contributed by atoms with Gasteiger partial charge in [-0.15, -0.1) is 0 Å². The average molecular weight is 218 g/mol. The molecule has 16 heavy (non-hydrogen) atoms. The van der Waals surface area contributed by atoms with E-state index in [0.29, 0.717) is 6.04 Å². The molecule has 0 radical (unpaired) electrons. The number of hydrogen-bond donors (Lipinski definition) is 1. The monoisotopic (exact) mass is 218 g/mol. The SMILES string of the molecule is CCC1CNCCN1Cc1ccccc1C. The van der Waals surface area contributed by atoms with Crippen molar-refractivity contribution < 1.29 is 0 Å². The Kier molecular flexibility index (Phi) is 3.97. The Bertz CT molecular complexity index is 335. The zero-order valence-electron chi connectivity index (χ0n) is 10.4. The third-order valence-electron chi connectivity index (χ3n) is 3.58. The van der Waals surface area contributed by atoms with Gasteiger partial charge in [-0.2, -0.15) is 0 Å². The predicted octanol–water partition coefficient (Wildman–Crippen LogP) is 2.18. The van der Waals surface area contributed by atoms with E-state index in [9.17, 15) is 0 Å². The zero-order valence-corrected chi connectivity index (χ0v) is 10.4. The van der Waals surface area contributed by atoms with E-state index in [1.165, 1.54) is 24.1 Å². The summed E-state index contributed by atoms with van der Waals surface area (Å²) in [6.45, 7) is 9.03. The second kappa shape index (κ2) is 5.46. The van der Waals surface area contributed by atoms with Crippen LogP contribution < -0.4 is 5.32 Å². The summed E-state index contributed by atoms with van der Waals surface area (Å²) in [5.41, 5.74) is 2.89. The molecule has 1 saturated heterocycles. The summed E-state index contributed by atoms with van der Waals surface area (Å²) in [5, 5.41) is 3.47. The van der Waals surface area contributed by atoms with Crippen molar-refractivity contribution in [2.75, 3.05) is 19.6 Å². The summed E-state index contributed by atoms with van der Waals surface area (Å²) in [6, 6.07) is 9.43. The van der Waals surface area contributed by atoms with Crippen LogP contribution in [0.4, 0.5) is 0 Å². The molecule has 1 aliphatic heterocycles. The molecule has 1 fully saturated rings. The molecule has 0 amide bonds. The molecule has 88 valence electrons. The van der Waals surface area contributed by atoms with Gasteiger partial charge in [0.25, 0.3) is 0 Å². The molecule has 2 rings (SSSR count). The van der Waals surface area contributed by atoms with Gasteiger partial charge in [0, 0.05) is 32.2 Å². The average Bonchev–Trinajstić information content (AvgIpc) is 2.33. The van der Waals surface area contributed by atoms with Crippen molar-refractivity contribution in [3.05, 3.63) is 35.4 Å². The molecule has 0 saturated carbocycles. The topological polar surface area (TPSA) is 15.3 Å². The Labute approximate surface area is 98.7 Å². The first kappa shape index (κ1) is 11.6. The molecular formula is C14H22N2. The zero-order chi connectivity index (χ0) is 11.4. The smallest absolute Gasteiger partial charge is 0.0240 e. The van der Waals surface area contributed by atoms with E-state index in [1.54, 1.807) is 0 Å². The number of benzene rings is 1. The van der Waals surface area contributed by atoms with Gasteiger partial charge in [-0.25, -0.2) is 0 Å². The van der Waals surface area contributed by atoms with Crippen molar-refractivity contribution in [2.24, 2.45) is 0 Å². The van der Waals surface area contributed by atoms with Crippen molar-refractivity contribution in [3.8, 4) is 0 Å². The quantitative estimate of drug-likeness (QED) is 0.836. The molecule has 2 nitrogen and oxygen atoms in total. The summed E-state index contributed by atoms with van der Waals surface area (Å²) in [6.07, 6.45) is 1.24. The summed E-state index contributed by atoms with van der Waals surface area (Å²) in [7, 11) is 0. The molecule has 1 N–H and O–H groups in total. The fraction of sp³-hybridized carbons (Fsp3) is 0.571. The minimum absolute atomic E-state index is 0.702. The lowest BCUT2D eigenvalue weighted by atomic mass is 10.1. The normalized spacial score (nSPS) is 22.2. The highest BCUT2D eigenvalue weighted by molar-refractivity contribution is 5.25. The highest BCUT2D eigenvalue weighted by Crippen LogP contribution is 2.15. The van der Waals surface area contributed by atoms with Gasteiger partial charge in [0.05, 0.1) is 0 Å². The maximum Gasteiger partial charge on any atom is 0.0240 e. The molecule has 1 aliphatic rings. The highest BCUT2D eigenvalue weighted by atomic mass is 15.2. The molecule has 1 atom stereocenters. The van der Waals surface area contributed by atoms with Gasteiger partial charge in [0.15, 0.2) is 0 Å². The number of nitrogens with zero attached hydrogens (tertiary/aromatic N) is 1. The maximum atomic E-state index is 3.47. The van der Waals surface area contributed by atoms with E-state index in [0.717, 1.165) is 19.6 Å². The van der Waals surface area contributed by atoms with E-state index in [-0.39, 0.29) is 0 Å². The van der Waals surface area contributed by atoms with Crippen LogP contribution in [0.5, 0.6) is 0 Å². The standard InChI is InChI=1S/C14H22N2/c1-3-14-10-15-8-9-16(14)11-13-7-5-4-6-12(13)2/h4-7,14-15H,3,8-11H2,1-2H3. The van der Waals surface area contributed by atoms with Gasteiger partial charge in [-0.05, 0) is 24.5 Å². The number of rotatable bonds is 3. The Hall–Kier alpha value is -0.860. The third kappa shape index (κ3) is 2.63. The van der Waals surface area contributed by atoms with Crippen LogP contribution in [-0.2, 0) is 6.54 Å². The van der Waals surface area contributed by atoms with Crippen molar-refractivity contribution >= 4 is 0 Å². The van der Waals surface area contributed by atoms with Crippen LogP contribution in [0.3, 0.4) is 0 Å². The van der Waals surface area contributed by atoms with Gasteiger partial charge in [0.1, 0.15) is 0 Å². The molecular weight excluding hydrogens is 196 g/mol. The van der Waals surface area contributed by atoms with Gasteiger partial charge in [0.2, 0.25) is 0 Å². The molecule has 1 unspecified atom stereocenters. The van der Waals surface area contributed by atoms with E-state index in [1.807, 2.05) is 0 Å². The second-order valence-electron chi connectivity index (χ2n) is 4.66. The van der Waals surface area contributed by atoms with Gasteiger partial charge < -0.3 is 5.32 Å². The summed E-state index contributed by atoms with van der Waals surface area (Å²) in [4.78, 5) is 2.61. The van der Waals surface area contributed by atoms with Gasteiger partial charge in [-0.3, -0.25) is 4.90 Å². The molecule has 0 aromatic heterocycles. The van der Waals surface area contributed by atoms with Crippen LogP contribution in [-0.4, -0.2) is 30.6 Å². The molecule has 1 aromatic rings. The van der Waals surface area contributed by atoms with Crippen molar-refractivity contribution in [1.82, 2.24) is 10.2 Å². The van der Waals surface area contributed by atoms with Crippen LogP contribution in [0.1, 0.15) is 24.5 Å². The number of nitrogens with one attached hydrogen (secondary N) is 1. The molecule has 1 heterocycles. The summed E-state index contributed by atoms with van der Waals surface area (Å²) < 4.78 is 0. The summed E-state index contributed by atoms with van der Waals surface area (Å²) >= 11 is 0. The lowest BCUT2D eigenvalue weighted by molar-refractivity contribution is 0.149. The molecule has 0 aliphatic carbocycles. The van der Waals surface area contributed by atoms with E-state index in [4.69, 9.17) is 0 Å². The first-order valence-electron chi connectivity index (χ1n) is 6.30. The molecule has 2 heteroatoms. The van der Waals surface area contributed by atoms with Crippen LogP contribution in [0, 0.1) is 6.92 Å². The first-order chi connectivity index (χ1) is 7.81. The van der Waals surface area contributed by atoms with Crippen LogP contribution in [0.15, 0.2) is 24.3 Å². The number of piperazine rings is 1. The Balaban J connectivity index is 2.05. The van der Waals surface area contributed by atoms with Crippen LogP contribution in [0.25, 0.3) is 0 Å². The predicted molar refractivity (Wildman–Crippen MR) is 68.5 cm³/mol. The fourth-order valence-electron chi connectivity index (χ4n) is 2.42. The number of aryl methyl sites for hydroxylation is 1. The third-order valence-corrected chi connectivity index (χ3v) is 3.58. The van der Waals surface area contributed by atoms with Crippen molar-refractivity contribution in [3.63, 3.8) is 0 Å². The molecule has 0 bridgehead atoms. The van der Waals surface area contributed by atoms with Crippen molar-refractivity contribution in [1.29, 1.82) is 0 Å². The minimum Gasteiger partial charge on any atom is -0.314 e. The Morgan fingerprint density at radius 3 is 2.94 bits per heavy atom. The highest BCUT2D eigenvalue weighted by Gasteiger charge is 2.20. The minimum atomic E-state index is 0.702.